The molecule has 1 amide bonds. The van der Waals surface area contributed by atoms with E-state index in [-0.39, 0.29) is 17.8 Å². The number of aromatic nitrogens is 2. The number of piperazine rings is 1. The SMILES string of the molecule is Cc1csc2nc(CN3CCN(CC(=O)Nc4ccc(Cl)c(C(F)(F)F)c4)CC3)cc(=O)n12. The minimum absolute atomic E-state index is 0.0481. The number of amides is 1. The van der Waals surface area contributed by atoms with Crippen molar-refractivity contribution in [3.8, 4) is 0 Å². The molecule has 0 aliphatic carbocycles. The molecule has 176 valence electrons. The quantitative estimate of drug-likeness (QED) is 0.582. The normalized spacial score (nSPS) is 15.8. The minimum atomic E-state index is -4.60. The largest absolute Gasteiger partial charge is 0.417 e. The fourth-order valence-electron chi connectivity index (χ4n) is 3.74. The van der Waals surface area contributed by atoms with E-state index in [9.17, 15) is 22.8 Å². The maximum atomic E-state index is 13.0. The molecule has 1 N–H and O–H groups in total. The first-order valence-electron chi connectivity index (χ1n) is 10.2. The Labute approximate surface area is 196 Å². The third-order valence-electron chi connectivity index (χ3n) is 5.40. The van der Waals surface area contributed by atoms with Crippen LogP contribution in [-0.2, 0) is 17.5 Å². The number of benzene rings is 1. The van der Waals surface area contributed by atoms with Crippen LogP contribution in [0, 0.1) is 6.92 Å². The highest BCUT2D eigenvalue weighted by Gasteiger charge is 2.33. The summed E-state index contributed by atoms with van der Waals surface area (Å²) >= 11 is 7.04. The smallest absolute Gasteiger partial charge is 0.325 e. The van der Waals surface area contributed by atoms with E-state index in [0.29, 0.717) is 43.4 Å². The second-order valence-corrected chi connectivity index (χ2v) is 9.12. The summed E-state index contributed by atoms with van der Waals surface area (Å²) in [6.07, 6.45) is -4.60. The van der Waals surface area contributed by atoms with Crippen molar-refractivity contribution in [1.82, 2.24) is 19.2 Å². The van der Waals surface area contributed by atoms with Crippen LogP contribution in [0.5, 0.6) is 0 Å². The van der Waals surface area contributed by atoms with E-state index in [1.165, 1.54) is 17.4 Å². The molecule has 12 heteroatoms. The maximum Gasteiger partial charge on any atom is 0.417 e. The zero-order chi connectivity index (χ0) is 23.8. The summed E-state index contributed by atoms with van der Waals surface area (Å²) in [6.45, 7) is 5.05. The van der Waals surface area contributed by atoms with Crippen molar-refractivity contribution >= 4 is 39.5 Å². The van der Waals surface area contributed by atoms with E-state index in [2.05, 4.69) is 15.2 Å². The summed E-state index contributed by atoms with van der Waals surface area (Å²) in [4.78, 5) is 34.0. The van der Waals surface area contributed by atoms with E-state index in [4.69, 9.17) is 11.6 Å². The first kappa shape index (κ1) is 23.7. The Balaban J connectivity index is 1.30. The van der Waals surface area contributed by atoms with Gasteiger partial charge in [-0.15, -0.1) is 11.3 Å². The Morgan fingerprint density at radius 3 is 2.58 bits per heavy atom. The number of hydrogen-bond acceptors (Lipinski definition) is 6. The Hall–Kier alpha value is -2.47. The van der Waals surface area contributed by atoms with Gasteiger partial charge in [-0.25, -0.2) is 4.98 Å². The van der Waals surface area contributed by atoms with Crippen LogP contribution >= 0.6 is 22.9 Å². The van der Waals surface area contributed by atoms with Crippen LogP contribution in [0.1, 0.15) is 17.0 Å². The van der Waals surface area contributed by atoms with Crippen molar-refractivity contribution in [3.05, 3.63) is 62.0 Å². The van der Waals surface area contributed by atoms with Crippen molar-refractivity contribution in [2.75, 3.05) is 38.0 Å². The molecule has 1 aromatic carbocycles. The Morgan fingerprint density at radius 2 is 1.88 bits per heavy atom. The van der Waals surface area contributed by atoms with Crippen LogP contribution in [0.4, 0.5) is 18.9 Å². The molecule has 1 aliphatic heterocycles. The fraction of sp³-hybridized carbons (Fsp3) is 0.381. The average Bonchev–Trinajstić information content (AvgIpc) is 3.11. The lowest BCUT2D eigenvalue weighted by Gasteiger charge is -2.34. The highest BCUT2D eigenvalue weighted by molar-refractivity contribution is 7.15. The number of anilines is 1. The van der Waals surface area contributed by atoms with Gasteiger partial charge in [-0.1, -0.05) is 11.6 Å². The monoisotopic (exact) mass is 499 g/mol. The predicted molar refractivity (Wildman–Crippen MR) is 121 cm³/mol. The molecule has 0 spiro atoms. The van der Waals surface area contributed by atoms with Gasteiger partial charge in [0.05, 0.1) is 22.8 Å². The van der Waals surface area contributed by atoms with Crippen molar-refractivity contribution in [1.29, 1.82) is 0 Å². The van der Waals surface area contributed by atoms with Gasteiger partial charge < -0.3 is 5.32 Å². The predicted octanol–water partition coefficient (Wildman–Crippen LogP) is 3.49. The molecule has 0 saturated carbocycles. The molecule has 0 atom stereocenters. The number of carbonyl (C=O) groups is 1. The van der Waals surface area contributed by atoms with E-state index >= 15 is 0 Å². The van der Waals surface area contributed by atoms with Gasteiger partial charge in [0.25, 0.3) is 5.56 Å². The topological polar surface area (TPSA) is 70.0 Å². The number of rotatable bonds is 5. The van der Waals surface area contributed by atoms with Crippen LogP contribution in [0.25, 0.3) is 4.96 Å². The molecule has 2 aromatic heterocycles. The van der Waals surface area contributed by atoms with Crippen LogP contribution in [-0.4, -0.2) is 57.8 Å². The summed E-state index contributed by atoms with van der Waals surface area (Å²) in [5.41, 5.74) is 0.530. The minimum Gasteiger partial charge on any atom is -0.325 e. The first-order chi connectivity index (χ1) is 15.6. The van der Waals surface area contributed by atoms with Crippen LogP contribution in [0.2, 0.25) is 5.02 Å². The molecule has 0 bridgehead atoms. The Kier molecular flexibility index (Phi) is 6.76. The summed E-state index contributed by atoms with van der Waals surface area (Å²) in [5.74, 6) is -0.396. The number of carbonyl (C=O) groups excluding carboxylic acids is 1. The molecule has 0 unspecified atom stereocenters. The molecule has 1 aliphatic rings. The van der Waals surface area contributed by atoms with Gasteiger partial charge in [0.1, 0.15) is 0 Å². The molecule has 7 nitrogen and oxygen atoms in total. The van der Waals surface area contributed by atoms with E-state index in [1.807, 2.05) is 17.2 Å². The number of fused-ring (bicyclic) bond motifs is 1. The van der Waals surface area contributed by atoms with E-state index in [0.717, 1.165) is 17.8 Å². The molecule has 1 fully saturated rings. The summed E-state index contributed by atoms with van der Waals surface area (Å²) in [5, 5.41) is 3.99. The van der Waals surface area contributed by atoms with Gasteiger partial charge in [-0.3, -0.25) is 23.8 Å². The third-order valence-corrected chi connectivity index (χ3v) is 6.68. The van der Waals surface area contributed by atoms with Crippen molar-refractivity contribution < 1.29 is 18.0 Å². The van der Waals surface area contributed by atoms with Gasteiger partial charge in [-0.05, 0) is 25.1 Å². The highest BCUT2D eigenvalue weighted by atomic mass is 35.5. The zero-order valence-electron chi connectivity index (χ0n) is 17.7. The van der Waals surface area contributed by atoms with Crippen LogP contribution < -0.4 is 10.9 Å². The molecular weight excluding hydrogens is 479 g/mol. The first-order valence-corrected chi connectivity index (χ1v) is 11.4. The summed E-state index contributed by atoms with van der Waals surface area (Å²) < 4.78 is 40.6. The number of hydrogen-bond donors (Lipinski definition) is 1. The number of thiazole rings is 1. The highest BCUT2D eigenvalue weighted by Crippen LogP contribution is 2.36. The summed E-state index contributed by atoms with van der Waals surface area (Å²) in [7, 11) is 0. The van der Waals surface area contributed by atoms with Crippen molar-refractivity contribution in [3.63, 3.8) is 0 Å². The maximum absolute atomic E-state index is 13.0. The molecule has 0 radical (unpaired) electrons. The average molecular weight is 500 g/mol. The lowest BCUT2D eigenvalue weighted by molar-refractivity contribution is -0.137. The van der Waals surface area contributed by atoms with Crippen LogP contribution in [0.15, 0.2) is 34.4 Å². The number of alkyl halides is 3. The van der Waals surface area contributed by atoms with Gasteiger partial charge in [0, 0.05) is 55.6 Å². The van der Waals surface area contributed by atoms with Crippen molar-refractivity contribution in [2.24, 2.45) is 0 Å². The van der Waals surface area contributed by atoms with Gasteiger partial charge >= 0.3 is 6.18 Å². The Bertz CT molecular complexity index is 1230. The van der Waals surface area contributed by atoms with Gasteiger partial charge in [-0.2, -0.15) is 13.2 Å². The summed E-state index contributed by atoms with van der Waals surface area (Å²) in [6, 6.07) is 4.84. The molecule has 4 rings (SSSR count). The molecule has 3 aromatic rings. The lowest BCUT2D eigenvalue weighted by atomic mass is 10.2. The standard InChI is InChI=1S/C21H21ClF3N5O2S/c1-13-12-33-20-27-15(9-19(32)30(13)20)10-28-4-6-29(7-5-28)11-18(31)26-14-2-3-17(22)16(8-14)21(23,24)25/h2-3,8-9,12H,4-7,10-11H2,1H3,(H,26,31). The van der Waals surface area contributed by atoms with E-state index in [1.54, 1.807) is 10.5 Å². The van der Waals surface area contributed by atoms with Crippen LogP contribution in [0.3, 0.4) is 0 Å². The molecule has 1 saturated heterocycles. The number of aryl methyl sites for hydroxylation is 1. The lowest BCUT2D eigenvalue weighted by Crippen LogP contribution is -2.48. The third kappa shape index (κ3) is 5.55. The second kappa shape index (κ2) is 9.41. The number of halogens is 4. The second-order valence-electron chi connectivity index (χ2n) is 7.87. The fourth-order valence-corrected chi connectivity index (χ4v) is 4.86. The van der Waals surface area contributed by atoms with Gasteiger partial charge in [0.2, 0.25) is 5.91 Å². The number of nitrogens with zero attached hydrogens (tertiary/aromatic N) is 4. The molecular formula is C21H21ClF3N5O2S. The number of nitrogens with one attached hydrogen (secondary N) is 1. The molecule has 3 heterocycles. The Morgan fingerprint density at radius 1 is 1.18 bits per heavy atom. The van der Waals surface area contributed by atoms with Crippen molar-refractivity contribution in [2.45, 2.75) is 19.6 Å². The molecule has 33 heavy (non-hydrogen) atoms. The van der Waals surface area contributed by atoms with Gasteiger partial charge in [0.15, 0.2) is 4.96 Å². The van der Waals surface area contributed by atoms with E-state index < -0.39 is 22.7 Å². The zero-order valence-corrected chi connectivity index (χ0v) is 19.2.